The molecule has 0 spiro atoms. The highest BCUT2D eigenvalue weighted by atomic mass is 35.5. The van der Waals surface area contributed by atoms with Crippen molar-refractivity contribution in [3.05, 3.63) is 23.2 Å². The number of piperazine rings is 1. The van der Waals surface area contributed by atoms with Crippen molar-refractivity contribution in [3.63, 3.8) is 0 Å². The van der Waals surface area contributed by atoms with Gasteiger partial charge in [0.2, 0.25) is 0 Å². The molecule has 1 aliphatic heterocycles. The molecule has 1 fully saturated rings. The minimum absolute atomic E-state index is 0.121. The zero-order chi connectivity index (χ0) is 18.8. The second-order valence-corrected chi connectivity index (χ2v) is 7.02. The summed E-state index contributed by atoms with van der Waals surface area (Å²) in [5.41, 5.74) is 0.110. The van der Waals surface area contributed by atoms with Crippen molar-refractivity contribution in [1.82, 2.24) is 4.90 Å². The molecule has 0 aliphatic carbocycles. The largest absolute Gasteiger partial charge is 0.573 e. The van der Waals surface area contributed by atoms with Crippen LogP contribution in [0.15, 0.2) is 18.2 Å². The van der Waals surface area contributed by atoms with Gasteiger partial charge in [-0.15, -0.1) is 13.2 Å². The van der Waals surface area contributed by atoms with Crippen molar-refractivity contribution in [2.75, 3.05) is 31.1 Å². The summed E-state index contributed by atoms with van der Waals surface area (Å²) in [4.78, 5) is 15.6. The lowest BCUT2D eigenvalue weighted by Crippen LogP contribution is -2.50. The van der Waals surface area contributed by atoms with E-state index in [-0.39, 0.29) is 11.1 Å². The molecule has 1 aliphatic rings. The molecule has 0 N–H and O–H groups in total. The molecule has 0 saturated carbocycles. The van der Waals surface area contributed by atoms with Gasteiger partial charge in [-0.1, -0.05) is 11.6 Å². The van der Waals surface area contributed by atoms with E-state index in [1.807, 2.05) is 4.90 Å². The summed E-state index contributed by atoms with van der Waals surface area (Å²) in [5, 5.41) is -0.121. The lowest BCUT2D eigenvalue weighted by Gasteiger charge is -2.36. The van der Waals surface area contributed by atoms with Gasteiger partial charge in [0.05, 0.1) is 5.02 Å². The molecule has 2 rings (SSSR count). The molecular weight excluding hydrogens is 361 g/mol. The number of carbonyl (C=O) groups excluding carboxylic acids is 1. The van der Waals surface area contributed by atoms with Crippen LogP contribution < -0.4 is 9.64 Å². The van der Waals surface area contributed by atoms with Crippen LogP contribution in [0.1, 0.15) is 20.8 Å². The SMILES string of the molecule is CC(C)(C)OC(=O)N1CCN(c2ccc(OC(F)(F)F)c(Cl)c2)CC1. The molecule has 5 nitrogen and oxygen atoms in total. The molecule has 1 aromatic carbocycles. The average Bonchev–Trinajstić information content (AvgIpc) is 2.46. The maximum Gasteiger partial charge on any atom is 0.573 e. The first-order valence-electron chi connectivity index (χ1n) is 7.73. The van der Waals surface area contributed by atoms with Gasteiger partial charge < -0.3 is 19.3 Å². The first kappa shape index (κ1) is 19.5. The Morgan fingerprint density at radius 3 is 2.20 bits per heavy atom. The molecule has 0 aromatic heterocycles. The van der Waals surface area contributed by atoms with E-state index in [2.05, 4.69) is 4.74 Å². The number of ether oxygens (including phenoxy) is 2. The standard InChI is InChI=1S/C16H20ClF3N2O3/c1-15(2,3)25-14(23)22-8-6-21(7-9-22)11-4-5-13(12(17)10-11)24-16(18,19)20/h4-5,10H,6-9H2,1-3H3. The van der Waals surface area contributed by atoms with E-state index in [9.17, 15) is 18.0 Å². The van der Waals surface area contributed by atoms with Crippen LogP contribution in [0.25, 0.3) is 0 Å². The molecule has 1 amide bonds. The van der Waals surface area contributed by atoms with E-state index >= 15 is 0 Å². The quantitative estimate of drug-likeness (QED) is 0.767. The van der Waals surface area contributed by atoms with Crippen molar-refractivity contribution in [2.24, 2.45) is 0 Å². The predicted octanol–water partition coefficient (Wildman–Crippen LogP) is 4.30. The van der Waals surface area contributed by atoms with E-state index in [1.54, 1.807) is 25.7 Å². The molecular formula is C16H20ClF3N2O3. The molecule has 0 atom stereocenters. The summed E-state index contributed by atoms with van der Waals surface area (Å²) in [6.07, 6.45) is -5.16. The Hall–Kier alpha value is -1.83. The summed E-state index contributed by atoms with van der Waals surface area (Å²) in [7, 11) is 0. The van der Waals surface area contributed by atoms with Crippen LogP contribution in [0, 0.1) is 0 Å². The monoisotopic (exact) mass is 380 g/mol. The highest BCUT2D eigenvalue weighted by Gasteiger charge is 2.32. The Morgan fingerprint density at radius 2 is 1.72 bits per heavy atom. The third kappa shape index (κ3) is 5.88. The van der Waals surface area contributed by atoms with Crippen molar-refractivity contribution in [3.8, 4) is 5.75 Å². The number of amides is 1. The van der Waals surface area contributed by atoms with Crippen LogP contribution in [0.4, 0.5) is 23.7 Å². The predicted molar refractivity (Wildman–Crippen MR) is 88.2 cm³/mol. The van der Waals surface area contributed by atoms with Gasteiger partial charge in [-0.3, -0.25) is 0 Å². The Kier molecular flexibility index (Phi) is 5.61. The highest BCUT2D eigenvalue weighted by molar-refractivity contribution is 6.32. The first-order chi connectivity index (χ1) is 11.4. The van der Waals surface area contributed by atoms with Gasteiger partial charge in [-0.2, -0.15) is 0 Å². The minimum atomic E-state index is -4.79. The number of nitrogens with zero attached hydrogens (tertiary/aromatic N) is 2. The van der Waals surface area contributed by atoms with E-state index in [1.165, 1.54) is 18.2 Å². The third-order valence-electron chi connectivity index (χ3n) is 3.44. The van der Waals surface area contributed by atoms with Crippen LogP contribution in [0.2, 0.25) is 5.02 Å². The van der Waals surface area contributed by atoms with Crippen LogP contribution in [0.5, 0.6) is 5.75 Å². The number of carbonyl (C=O) groups is 1. The van der Waals surface area contributed by atoms with Crippen molar-refractivity contribution in [2.45, 2.75) is 32.7 Å². The van der Waals surface area contributed by atoms with Crippen LogP contribution >= 0.6 is 11.6 Å². The highest BCUT2D eigenvalue weighted by Crippen LogP contribution is 2.33. The molecule has 140 valence electrons. The zero-order valence-corrected chi connectivity index (χ0v) is 14.9. The Morgan fingerprint density at radius 1 is 1.12 bits per heavy atom. The van der Waals surface area contributed by atoms with Gasteiger partial charge in [0.1, 0.15) is 11.4 Å². The fraction of sp³-hybridized carbons (Fsp3) is 0.562. The van der Waals surface area contributed by atoms with E-state index in [0.29, 0.717) is 31.9 Å². The number of alkyl halides is 3. The van der Waals surface area contributed by atoms with Crippen LogP contribution in [0.3, 0.4) is 0 Å². The summed E-state index contributed by atoms with van der Waals surface area (Å²) < 4.78 is 46.0. The Bertz CT molecular complexity index is 624. The van der Waals surface area contributed by atoms with E-state index < -0.39 is 17.7 Å². The molecule has 0 unspecified atom stereocenters. The van der Waals surface area contributed by atoms with Crippen LogP contribution in [-0.2, 0) is 4.74 Å². The van der Waals surface area contributed by atoms with Gasteiger partial charge in [0.15, 0.2) is 0 Å². The average molecular weight is 381 g/mol. The smallest absolute Gasteiger partial charge is 0.444 e. The Balaban J connectivity index is 1.97. The van der Waals surface area contributed by atoms with Gasteiger partial charge in [0, 0.05) is 31.9 Å². The maximum atomic E-state index is 12.3. The number of hydrogen-bond acceptors (Lipinski definition) is 4. The van der Waals surface area contributed by atoms with Gasteiger partial charge in [0.25, 0.3) is 0 Å². The molecule has 9 heteroatoms. The number of anilines is 1. The number of rotatable bonds is 2. The molecule has 1 aromatic rings. The second kappa shape index (κ2) is 7.19. The maximum absolute atomic E-state index is 12.3. The summed E-state index contributed by atoms with van der Waals surface area (Å²) in [5.74, 6) is -0.440. The van der Waals surface area contributed by atoms with E-state index in [0.717, 1.165) is 0 Å². The topological polar surface area (TPSA) is 42.0 Å². The summed E-state index contributed by atoms with van der Waals surface area (Å²) in [6.45, 7) is 7.35. The fourth-order valence-electron chi connectivity index (χ4n) is 2.37. The lowest BCUT2D eigenvalue weighted by molar-refractivity contribution is -0.274. The molecule has 0 radical (unpaired) electrons. The normalized spacial score (nSPS) is 16.0. The van der Waals surface area contributed by atoms with E-state index in [4.69, 9.17) is 16.3 Å². The molecule has 1 saturated heterocycles. The summed E-state index contributed by atoms with van der Waals surface area (Å²) in [6, 6.07) is 4.12. The van der Waals surface area contributed by atoms with Crippen molar-refractivity contribution >= 4 is 23.4 Å². The van der Waals surface area contributed by atoms with Crippen molar-refractivity contribution in [1.29, 1.82) is 0 Å². The minimum Gasteiger partial charge on any atom is -0.444 e. The van der Waals surface area contributed by atoms with Gasteiger partial charge in [-0.25, -0.2) is 4.79 Å². The molecule has 1 heterocycles. The second-order valence-electron chi connectivity index (χ2n) is 6.62. The lowest BCUT2D eigenvalue weighted by atomic mass is 10.2. The van der Waals surface area contributed by atoms with Gasteiger partial charge in [-0.05, 0) is 39.0 Å². The summed E-state index contributed by atoms with van der Waals surface area (Å²) >= 11 is 5.87. The number of hydrogen-bond donors (Lipinski definition) is 0. The first-order valence-corrected chi connectivity index (χ1v) is 8.10. The third-order valence-corrected chi connectivity index (χ3v) is 3.73. The molecule has 25 heavy (non-hydrogen) atoms. The van der Waals surface area contributed by atoms with Crippen molar-refractivity contribution < 1.29 is 27.4 Å². The number of benzene rings is 1. The number of halogens is 4. The van der Waals surface area contributed by atoms with Gasteiger partial charge >= 0.3 is 12.5 Å². The Labute approximate surface area is 149 Å². The fourth-order valence-corrected chi connectivity index (χ4v) is 2.58. The zero-order valence-electron chi connectivity index (χ0n) is 14.2. The molecule has 0 bridgehead atoms. The van der Waals surface area contributed by atoms with Crippen LogP contribution in [-0.4, -0.2) is 49.1 Å².